The summed E-state index contributed by atoms with van der Waals surface area (Å²) in [6.07, 6.45) is 0. The molecule has 1 aromatic rings. The van der Waals surface area contributed by atoms with Crippen LogP contribution in [0.2, 0.25) is 0 Å². The molecule has 0 saturated heterocycles. The summed E-state index contributed by atoms with van der Waals surface area (Å²) < 4.78 is 29.2. The van der Waals surface area contributed by atoms with E-state index in [1.54, 1.807) is 30.3 Å². The molecule has 0 saturated carbocycles. The Kier molecular flexibility index (Phi) is 4.49. The number of hydrogen-bond acceptors (Lipinski definition) is 2. The topological polar surface area (TPSA) is 54.4 Å². The summed E-state index contributed by atoms with van der Waals surface area (Å²) in [6.45, 7) is 0. The van der Waals surface area contributed by atoms with Gasteiger partial charge in [0.15, 0.2) is 0 Å². The molecule has 1 N–H and O–H groups in total. The maximum Gasteiger partial charge on any atom is 0.269 e. The molecule has 12 heavy (non-hydrogen) atoms. The fourth-order valence-corrected chi connectivity index (χ4v) is 1.40. The molecular formula is C7H8CuO3S. The van der Waals surface area contributed by atoms with Gasteiger partial charge in [-0.2, -0.15) is 8.42 Å². The zero-order chi connectivity index (χ0) is 8.32. The Balaban J connectivity index is 0.00000121. The zero-order valence-electron chi connectivity index (χ0n) is 6.07. The van der Waals surface area contributed by atoms with Crippen molar-refractivity contribution < 1.29 is 30.0 Å². The van der Waals surface area contributed by atoms with Gasteiger partial charge in [-0.1, -0.05) is 30.3 Å². The van der Waals surface area contributed by atoms with E-state index in [0.717, 1.165) is 0 Å². The van der Waals surface area contributed by atoms with Gasteiger partial charge in [-0.15, -0.1) is 0 Å². The van der Waals surface area contributed by atoms with Crippen LogP contribution in [0.5, 0.6) is 0 Å². The normalized spacial score (nSPS) is 10.4. The maximum absolute atomic E-state index is 10.4. The van der Waals surface area contributed by atoms with E-state index in [1.165, 1.54) is 0 Å². The van der Waals surface area contributed by atoms with Crippen molar-refractivity contribution in [2.75, 3.05) is 0 Å². The second-order valence-electron chi connectivity index (χ2n) is 2.21. The summed E-state index contributed by atoms with van der Waals surface area (Å²) in [6, 6.07) is 8.52. The number of rotatable bonds is 2. The average molecular weight is 236 g/mol. The van der Waals surface area contributed by atoms with Gasteiger partial charge in [0.1, 0.15) is 5.75 Å². The van der Waals surface area contributed by atoms with Crippen LogP contribution in [0.1, 0.15) is 5.56 Å². The van der Waals surface area contributed by atoms with Gasteiger partial charge in [-0.3, -0.25) is 4.55 Å². The number of hydrogen-bond donors (Lipinski definition) is 1. The molecule has 0 aromatic heterocycles. The molecule has 0 atom stereocenters. The molecule has 71 valence electrons. The Morgan fingerprint density at radius 1 is 1.17 bits per heavy atom. The fourth-order valence-electron chi connectivity index (χ4n) is 0.785. The minimum Gasteiger partial charge on any atom is -0.285 e. The molecule has 1 aromatic carbocycles. The predicted molar refractivity (Wildman–Crippen MR) is 41.7 cm³/mol. The third-order valence-electron chi connectivity index (χ3n) is 1.19. The molecular weight excluding hydrogens is 228 g/mol. The minimum absolute atomic E-state index is 0. The van der Waals surface area contributed by atoms with Gasteiger partial charge in [0, 0.05) is 17.1 Å². The van der Waals surface area contributed by atoms with E-state index in [2.05, 4.69) is 0 Å². The summed E-state index contributed by atoms with van der Waals surface area (Å²) in [4.78, 5) is 0. The summed E-state index contributed by atoms with van der Waals surface area (Å²) in [7, 11) is -3.88. The van der Waals surface area contributed by atoms with Crippen molar-refractivity contribution >= 4 is 10.1 Å². The molecule has 0 bridgehead atoms. The Morgan fingerprint density at radius 3 is 2.08 bits per heavy atom. The van der Waals surface area contributed by atoms with E-state index >= 15 is 0 Å². The third-order valence-corrected chi connectivity index (χ3v) is 1.89. The summed E-state index contributed by atoms with van der Waals surface area (Å²) >= 11 is 0. The summed E-state index contributed by atoms with van der Waals surface area (Å²) in [5.74, 6) is -0.312. The molecule has 0 fully saturated rings. The van der Waals surface area contributed by atoms with Crippen LogP contribution >= 0.6 is 0 Å². The average Bonchev–Trinajstić information content (AvgIpc) is 1.85. The van der Waals surface area contributed by atoms with Gasteiger partial charge in [0.2, 0.25) is 0 Å². The standard InChI is InChI=1S/C7H8O3S.Cu/c8-11(9,10)6-7-4-2-1-3-5-7;/h1-5H,6H2,(H,8,9,10);. The molecule has 5 heteroatoms. The monoisotopic (exact) mass is 235 g/mol. The Morgan fingerprint density at radius 2 is 1.67 bits per heavy atom. The molecule has 3 nitrogen and oxygen atoms in total. The van der Waals surface area contributed by atoms with Crippen LogP contribution < -0.4 is 0 Å². The second-order valence-corrected chi connectivity index (χ2v) is 3.66. The first-order valence-electron chi connectivity index (χ1n) is 3.07. The van der Waals surface area contributed by atoms with Gasteiger partial charge >= 0.3 is 0 Å². The van der Waals surface area contributed by atoms with Crippen molar-refractivity contribution in [3.05, 3.63) is 35.9 Å². The van der Waals surface area contributed by atoms with Gasteiger partial charge < -0.3 is 0 Å². The Hall–Kier alpha value is -0.351. The molecule has 1 radical (unpaired) electrons. The molecule has 0 aliphatic carbocycles. The minimum atomic E-state index is -3.88. The Bertz CT molecular complexity index is 320. The van der Waals surface area contributed by atoms with E-state index < -0.39 is 10.1 Å². The van der Waals surface area contributed by atoms with Crippen LogP contribution in [-0.4, -0.2) is 13.0 Å². The van der Waals surface area contributed by atoms with Crippen molar-refractivity contribution in [3.63, 3.8) is 0 Å². The molecule has 0 unspecified atom stereocenters. The quantitative estimate of drug-likeness (QED) is 0.617. The molecule has 0 heterocycles. The van der Waals surface area contributed by atoms with E-state index in [0.29, 0.717) is 5.56 Å². The predicted octanol–water partition coefficient (Wildman–Crippen LogP) is 1.07. The van der Waals surface area contributed by atoms with Crippen molar-refractivity contribution in [2.45, 2.75) is 5.75 Å². The van der Waals surface area contributed by atoms with Gasteiger partial charge in [0.25, 0.3) is 10.1 Å². The van der Waals surface area contributed by atoms with Crippen LogP contribution in [0.4, 0.5) is 0 Å². The van der Waals surface area contributed by atoms with Crippen molar-refractivity contribution in [1.29, 1.82) is 0 Å². The van der Waals surface area contributed by atoms with E-state index in [9.17, 15) is 8.42 Å². The van der Waals surface area contributed by atoms with E-state index in [-0.39, 0.29) is 22.8 Å². The summed E-state index contributed by atoms with van der Waals surface area (Å²) in [5, 5.41) is 0. The molecule has 1 rings (SSSR count). The first-order chi connectivity index (χ1) is 5.08. The van der Waals surface area contributed by atoms with Crippen LogP contribution in [-0.2, 0) is 32.9 Å². The maximum atomic E-state index is 10.4. The van der Waals surface area contributed by atoms with E-state index in [1.807, 2.05) is 0 Å². The van der Waals surface area contributed by atoms with Crippen molar-refractivity contribution in [1.82, 2.24) is 0 Å². The number of benzene rings is 1. The van der Waals surface area contributed by atoms with Crippen LogP contribution in [0.15, 0.2) is 30.3 Å². The van der Waals surface area contributed by atoms with Gasteiger partial charge in [-0.05, 0) is 5.56 Å². The smallest absolute Gasteiger partial charge is 0.269 e. The molecule has 0 aliphatic rings. The first-order valence-corrected chi connectivity index (χ1v) is 4.68. The largest absolute Gasteiger partial charge is 0.285 e. The zero-order valence-corrected chi connectivity index (χ0v) is 7.83. The Labute approximate surface area is 82.0 Å². The van der Waals surface area contributed by atoms with Crippen molar-refractivity contribution in [3.8, 4) is 0 Å². The second kappa shape index (κ2) is 4.62. The van der Waals surface area contributed by atoms with Gasteiger partial charge in [0.05, 0.1) is 0 Å². The van der Waals surface area contributed by atoms with Crippen molar-refractivity contribution in [2.24, 2.45) is 0 Å². The third kappa shape index (κ3) is 4.51. The molecule has 0 amide bonds. The van der Waals surface area contributed by atoms with Gasteiger partial charge in [-0.25, -0.2) is 0 Å². The SMILES string of the molecule is O=S(=O)(O)Cc1ccccc1.[Cu]. The molecule has 0 spiro atoms. The van der Waals surface area contributed by atoms with Crippen LogP contribution in [0.3, 0.4) is 0 Å². The molecule has 0 aliphatic heterocycles. The van der Waals surface area contributed by atoms with Crippen LogP contribution in [0.25, 0.3) is 0 Å². The summed E-state index contributed by atoms with van der Waals surface area (Å²) in [5.41, 5.74) is 0.593. The fraction of sp³-hybridized carbons (Fsp3) is 0.143. The first kappa shape index (κ1) is 11.6. The van der Waals surface area contributed by atoms with E-state index in [4.69, 9.17) is 4.55 Å². The van der Waals surface area contributed by atoms with Crippen LogP contribution in [0, 0.1) is 0 Å².